The van der Waals surface area contributed by atoms with Crippen LogP contribution in [0.25, 0.3) is 0 Å². The van der Waals surface area contributed by atoms with E-state index in [0.29, 0.717) is 0 Å². The molecule has 1 heterocycles. The van der Waals surface area contributed by atoms with Gasteiger partial charge in [0.25, 0.3) is 0 Å². The first-order chi connectivity index (χ1) is 11.7. The number of aryl methyl sites for hydroxylation is 1. The maximum Gasteiger partial charge on any atom is 0.118 e. The van der Waals surface area contributed by atoms with E-state index in [9.17, 15) is 0 Å². The van der Waals surface area contributed by atoms with E-state index in [2.05, 4.69) is 65.3 Å². The van der Waals surface area contributed by atoms with Gasteiger partial charge in [0.15, 0.2) is 0 Å². The summed E-state index contributed by atoms with van der Waals surface area (Å²) in [5, 5.41) is 0. The number of methoxy groups -OCH3 is 1. The predicted octanol–water partition coefficient (Wildman–Crippen LogP) is 3.36. The van der Waals surface area contributed by atoms with Gasteiger partial charge in [-0.2, -0.15) is 0 Å². The van der Waals surface area contributed by atoms with Gasteiger partial charge in [0.05, 0.1) is 7.11 Å². The maximum absolute atomic E-state index is 5.22. The topological polar surface area (TPSA) is 15.7 Å². The first kappa shape index (κ1) is 17.0. The van der Waals surface area contributed by atoms with Gasteiger partial charge in [0, 0.05) is 39.3 Å². The van der Waals surface area contributed by atoms with Gasteiger partial charge in [-0.3, -0.25) is 4.90 Å². The number of benzene rings is 2. The monoisotopic (exact) mass is 324 g/mol. The van der Waals surface area contributed by atoms with Crippen LogP contribution in [-0.4, -0.2) is 49.6 Å². The van der Waals surface area contributed by atoms with E-state index in [1.165, 1.54) is 29.8 Å². The van der Waals surface area contributed by atoms with Crippen molar-refractivity contribution >= 4 is 0 Å². The molecule has 1 aliphatic heterocycles. The molecule has 0 N–H and O–H groups in total. The van der Waals surface area contributed by atoms with Gasteiger partial charge in [-0.15, -0.1) is 0 Å². The summed E-state index contributed by atoms with van der Waals surface area (Å²) in [7, 11) is 1.71. The van der Waals surface area contributed by atoms with E-state index in [0.717, 1.165) is 38.3 Å². The molecule has 2 aromatic carbocycles. The minimum absolute atomic E-state index is 0.934. The predicted molar refractivity (Wildman–Crippen MR) is 99.6 cm³/mol. The number of ether oxygens (including phenoxy) is 1. The zero-order valence-corrected chi connectivity index (χ0v) is 14.9. The Labute approximate surface area is 145 Å². The average Bonchev–Trinajstić information content (AvgIpc) is 2.63. The van der Waals surface area contributed by atoms with E-state index in [1.54, 1.807) is 7.11 Å². The molecule has 1 fully saturated rings. The smallest absolute Gasteiger partial charge is 0.118 e. The molecule has 3 nitrogen and oxygen atoms in total. The van der Waals surface area contributed by atoms with Gasteiger partial charge in [0.2, 0.25) is 0 Å². The Bertz CT molecular complexity index is 631. The molecule has 0 aliphatic carbocycles. The molecule has 0 saturated carbocycles. The van der Waals surface area contributed by atoms with Crippen molar-refractivity contribution in [3.63, 3.8) is 0 Å². The van der Waals surface area contributed by atoms with E-state index in [-0.39, 0.29) is 0 Å². The SMILES string of the molecule is COc1ccc(CCN2CCN(Cc3ccccc3C)CC2)cc1. The van der Waals surface area contributed by atoms with Crippen LogP contribution in [0.2, 0.25) is 0 Å². The minimum Gasteiger partial charge on any atom is -0.497 e. The number of hydrogen-bond acceptors (Lipinski definition) is 3. The molecule has 0 unspecified atom stereocenters. The normalized spacial score (nSPS) is 16.2. The zero-order chi connectivity index (χ0) is 16.8. The molecule has 0 bridgehead atoms. The Morgan fingerprint density at radius 3 is 2.21 bits per heavy atom. The Kier molecular flexibility index (Phi) is 5.89. The Balaban J connectivity index is 1.42. The summed E-state index contributed by atoms with van der Waals surface area (Å²) in [5.41, 5.74) is 4.25. The van der Waals surface area contributed by atoms with Gasteiger partial charge in [-0.1, -0.05) is 36.4 Å². The summed E-state index contributed by atoms with van der Waals surface area (Å²) in [5.74, 6) is 0.934. The van der Waals surface area contributed by atoms with Crippen LogP contribution in [-0.2, 0) is 13.0 Å². The Morgan fingerprint density at radius 2 is 1.54 bits per heavy atom. The van der Waals surface area contributed by atoms with Crippen LogP contribution in [0.4, 0.5) is 0 Å². The number of nitrogens with zero attached hydrogens (tertiary/aromatic N) is 2. The molecule has 3 heteroatoms. The average molecular weight is 324 g/mol. The molecule has 24 heavy (non-hydrogen) atoms. The van der Waals surface area contributed by atoms with Crippen molar-refractivity contribution in [2.24, 2.45) is 0 Å². The van der Waals surface area contributed by atoms with Crippen molar-refractivity contribution in [1.82, 2.24) is 9.80 Å². The molecule has 0 aromatic heterocycles. The third kappa shape index (κ3) is 4.59. The second kappa shape index (κ2) is 8.32. The Morgan fingerprint density at radius 1 is 0.875 bits per heavy atom. The number of hydrogen-bond donors (Lipinski definition) is 0. The first-order valence-electron chi connectivity index (χ1n) is 8.87. The third-order valence-electron chi connectivity index (χ3n) is 5.00. The van der Waals surface area contributed by atoms with Crippen LogP contribution in [0.5, 0.6) is 5.75 Å². The van der Waals surface area contributed by atoms with Gasteiger partial charge < -0.3 is 9.64 Å². The third-order valence-corrected chi connectivity index (χ3v) is 5.00. The second-order valence-corrected chi connectivity index (χ2v) is 6.64. The van der Waals surface area contributed by atoms with Crippen LogP contribution in [0, 0.1) is 6.92 Å². The number of rotatable bonds is 6. The fraction of sp³-hybridized carbons (Fsp3) is 0.429. The largest absolute Gasteiger partial charge is 0.497 e. The van der Waals surface area contributed by atoms with Crippen LogP contribution in [0.15, 0.2) is 48.5 Å². The fourth-order valence-electron chi connectivity index (χ4n) is 3.28. The van der Waals surface area contributed by atoms with E-state index in [1.807, 2.05) is 0 Å². The molecule has 0 radical (unpaired) electrons. The van der Waals surface area contributed by atoms with Crippen LogP contribution in [0.1, 0.15) is 16.7 Å². The second-order valence-electron chi connectivity index (χ2n) is 6.64. The molecule has 0 spiro atoms. The van der Waals surface area contributed by atoms with Crippen molar-refractivity contribution in [1.29, 1.82) is 0 Å². The van der Waals surface area contributed by atoms with E-state index in [4.69, 9.17) is 4.74 Å². The molecular weight excluding hydrogens is 296 g/mol. The maximum atomic E-state index is 5.22. The summed E-state index contributed by atoms with van der Waals surface area (Å²) in [6.07, 6.45) is 1.11. The van der Waals surface area contributed by atoms with Crippen LogP contribution >= 0.6 is 0 Å². The van der Waals surface area contributed by atoms with Crippen molar-refractivity contribution in [2.45, 2.75) is 19.9 Å². The highest BCUT2D eigenvalue weighted by Crippen LogP contribution is 2.14. The van der Waals surface area contributed by atoms with E-state index < -0.39 is 0 Å². The van der Waals surface area contributed by atoms with Crippen LogP contribution in [0.3, 0.4) is 0 Å². The zero-order valence-electron chi connectivity index (χ0n) is 14.9. The lowest BCUT2D eigenvalue weighted by Crippen LogP contribution is -2.46. The summed E-state index contributed by atoms with van der Waals surface area (Å²) in [6, 6.07) is 17.2. The lowest BCUT2D eigenvalue weighted by molar-refractivity contribution is 0.128. The molecule has 2 aromatic rings. The molecule has 128 valence electrons. The summed E-state index contributed by atoms with van der Waals surface area (Å²) < 4.78 is 5.22. The summed E-state index contributed by atoms with van der Waals surface area (Å²) in [6.45, 7) is 9.10. The molecular formula is C21H28N2O. The Hall–Kier alpha value is -1.84. The summed E-state index contributed by atoms with van der Waals surface area (Å²) >= 11 is 0. The van der Waals surface area contributed by atoms with Crippen molar-refractivity contribution < 1.29 is 4.74 Å². The fourth-order valence-corrected chi connectivity index (χ4v) is 3.28. The lowest BCUT2D eigenvalue weighted by atomic mass is 10.1. The van der Waals surface area contributed by atoms with Crippen molar-refractivity contribution in [2.75, 3.05) is 39.8 Å². The van der Waals surface area contributed by atoms with Gasteiger partial charge >= 0.3 is 0 Å². The van der Waals surface area contributed by atoms with Gasteiger partial charge in [-0.25, -0.2) is 0 Å². The molecule has 1 aliphatic rings. The lowest BCUT2D eigenvalue weighted by Gasteiger charge is -2.35. The van der Waals surface area contributed by atoms with Crippen LogP contribution < -0.4 is 4.74 Å². The van der Waals surface area contributed by atoms with Gasteiger partial charge in [0.1, 0.15) is 5.75 Å². The molecule has 3 rings (SSSR count). The quantitative estimate of drug-likeness (QED) is 0.810. The molecule has 0 atom stereocenters. The minimum atomic E-state index is 0.934. The summed E-state index contributed by atoms with van der Waals surface area (Å²) in [4.78, 5) is 5.16. The molecule has 1 saturated heterocycles. The van der Waals surface area contributed by atoms with E-state index >= 15 is 0 Å². The van der Waals surface area contributed by atoms with Crippen molar-refractivity contribution in [3.05, 3.63) is 65.2 Å². The van der Waals surface area contributed by atoms with Gasteiger partial charge in [-0.05, 0) is 42.2 Å². The molecule has 0 amide bonds. The highest BCUT2D eigenvalue weighted by Gasteiger charge is 2.17. The first-order valence-corrected chi connectivity index (χ1v) is 8.87. The number of piperazine rings is 1. The van der Waals surface area contributed by atoms with Crippen molar-refractivity contribution in [3.8, 4) is 5.75 Å². The highest BCUT2D eigenvalue weighted by atomic mass is 16.5. The highest BCUT2D eigenvalue weighted by molar-refractivity contribution is 5.27. The standard InChI is InChI=1S/C21H28N2O/c1-18-5-3-4-6-20(18)17-23-15-13-22(14-16-23)12-11-19-7-9-21(24-2)10-8-19/h3-10H,11-17H2,1-2H3.